The molecule has 6 nitrogen and oxygen atoms in total. The number of nitrogens with two attached hydrogens (primary N) is 1. The lowest BCUT2D eigenvalue weighted by Crippen LogP contribution is -2.29. The Morgan fingerprint density at radius 2 is 1.85 bits per heavy atom. The first-order chi connectivity index (χ1) is 13.0. The zero-order valence-corrected chi connectivity index (χ0v) is 14.5. The molecule has 2 aromatic rings. The Morgan fingerprint density at radius 3 is 2.48 bits per heavy atom. The Hall–Kier alpha value is -3.00. The minimum atomic E-state index is -0.836. The first-order valence-corrected chi connectivity index (χ1v) is 8.47. The van der Waals surface area contributed by atoms with Gasteiger partial charge in [0.05, 0.1) is 5.92 Å². The van der Waals surface area contributed by atoms with Crippen molar-refractivity contribution in [1.29, 1.82) is 0 Å². The second kappa shape index (κ2) is 8.13. The van der Waals surface area contributed by atoms with Gasteiger partial charge in [0, 0.05) is 25.2 Å². The largest absolute Gasteiger partial charge is 0.492 e. The summed E-state index contributed by atoms with van der Waals surface area (Å²) in [6.07, 6.45) is -0.114. The minimum Gasteiger partial charge on any atom is -0.492 e. The van der Waals surface area contributed by atoms with Crippen LogP contribution in [0.5, 0.6) is 5.75 Å². The average Bonchev–Trinajstić information content (AvgIpc) is 3.03. The van der Waals surface area contributed by atoms with Gasteiger partial charge in [0.15, 0.2) is 0 Å². The summed E-state index contributed by atoms with van der Waals surface area (Å²) in [5, 5.41) is 2.70. The molecular weight excluding hydrogens is 356 g/mol. The number of para-hydroxylation sites is 1. The number of carbonyl (C=O) groups is 2. The van der Waals surface area contributed by atoms with E-state index in [2.05, 4.69) is 5.32 Å². The summed E-state index contributed by atoms with van der Waals surface area (Å²) in [6, 6.07) is 10.1. The van der Waals surface area contributed by atoms with Gasteiger partial charge in [-0.05, 0) is 36.4 Å². The lowest BCUT2D eigenvalue weighted by atomic mass is 10.1. The number of hydrogen-bond acceptors (Lipinski definition) is 4. The molecule has 0 saturated carbocycles. The van der Waals surface area contributed by atoms with Gasteiger partial charge in [0.2, 0.25) is 11.8 Å². The first kappa shape index (κ1) is 18.8. The van der Waals surface area contributed by atoms with Gasteiger partial charge in [0.1, 0.15) is 29.7 Å². The number of halogens is 2. The van der Waals surface area contributed by atoms with Crippen molar-refractivity contribution in [1.82, 2.24) is 0 Å². The maximum atomic E-state index is 13.9. The van der Waals surface area contributed by atoms with E-state index in [-0.39, 0.29) is 13.0 Å². The molecule has 0 radical (unpaired) electrons. The monoisotopic (exact) mass is 375 g/mol. The molecule has 0 aromatic heterocycles. The fourth-order valence-electron chi connectivity index (χ4n) is 2.90. The van der Waals surface area contributed by atoms with Crippen LogP contribution in [0.1, 0.15) is 6.42 Å². The van der Waals surface area contributed by atoms with Crippen molar-refractivity contribution in [2.24, 2.45) is 11.7 Å². The normalized spacial score (nSPS) is 16.5. The third-order valence-corrected chi connectivity index (χ3v) is 4.21. The summed E-state index contributed by atoms with van der Waals surface area (Å²) in [6.45, 7) is 0.700. The second-order valence-corrected chi connectivity index (χ2v) is 6.13. The number of hydrogen-bond donors (Lipinski definition) is 2. The Labute approximate surface area is 154 Å². The average molecular weight is 375 g/mol. The molecule has 0 spiro atoms. The van der Waals surface area contributed by atoms with Crippen molar-refractivity contribution in [3.05, 3.63) is 54.1 Å². The van der Waals surface area contributed by atoms with Crippen molar-refractivity contribution >= 4 is 23.2 Å². The van der Waals surface area contributed by atoms with E-state index in [0.717, 1.165) is 17.0 Å². The lowest BCUT2D eigenvalue weighted by molar-refractivity contribution is -0.122. The van der Waals surface area contributed by atoms with Gasteiger partial charge in [-0.15, -0.1) is 0 Å². The van der Waals surface area contributed by atoms with Crippen molar-refractivity contribution < 1.29 is 23.1 Å². The number of carbonyl (C=O) groups excluding carboxylic acids is 2. The highest BCUT2D eigenvalue weighted by atomic mass is 19.1. The molecule has 2 aromatic carbocycles. The van der Waals surface area contributed by atoms with Gasteiger partial charge < -0.3 is 20.7 Å². The van der Waals surface area contributed by atoms with Gasteiger partial charge >= 0.3 is 0 Å². The Kier molecular flexibility index (Phi) is 5.66. The van der Waals surface area contributed by atoms with Crippen LogP contribution in [-0.2, 0) is 9.59 Å². The van der Waals surface area contributed by atoms with E-state index in [1.807, 2.05) is 0 Å². The van der Waals surface area contributed by atoms with Crippen LogP contribution in [0.25, 0.3) is 0 Å². The predicted octanol–water partition coefficient (Wildman–Crippen LogP) is 2.29. The quantitative estimate of drug-likeness (QED) is 0.811. The third kappa shape index (κ3) is 4.22. The number of ether oxygens (including phenoxy) is 1. The van der Waals surface area contributed by atoms with E-state index in [9.17, 15) is 18.4 Å². The van der Waals surface area contributed by atoms with E-state index in [1.54, 1.807) is 24.3 Å². The van der Waals surface area contributed by atoms with Crippen molar-refractivity contribution in [3.8, 4) is 5.75 Å². The molecule has 1 fully saturated rings. The zero-order valence-electron chi connectivity index (χ0n) is 14.5. The molecule has 3 N–H and O–H groups in total. The fraction of sp³-hybridized carbons (Fsp3) is 0.263. The van der Waals surface area contributed by atoms with Crippen LogP contribution in [-0.4, -0.2) is 31.5 Å². The maximum absolute atomic E-state index is 13.9. The van der Waals surface area contributed by atoms with Crippen molar-refractivity contribution in [2.75, 3.05) is 29.9 Å². The SMILES string of the molecule is NCCOc1ccc(NC(=O)C2CC(=O)N(c3c(F)cccc3F)C2)cc1. The minimum absolute atomic E-state index is 0.0831. The number of nitrogens with one attached hydrogen (secondary N) is 1. The van der Waals surface area contributed by atoms with Crippen LogP contribution in [0.15, 0.2) is 42.5 Å². The van der Waals surface area contributed by atoms with E-state index in [4.69, 9.17) is 10.5 Å². The zero-order chi connectivity index (χ0) is 19.4. The van der Waals surface area contributed by atoms with Crippen molar-refractivity contribution in [2.45, 2.75) is 6.42 Å². The summed E-state index contributed by atoms with van der Waals surface area (Å²) in [5.41, 5.74) is 5.48. The van der Waals surface area contributed by atoms with E-state index >= 15 is 0 Å². The van der Waals surface area contributed by atoms with E-state index in [0.29, 0.717) is 24.6 Å². The lowest BCUT2D eigenvalue weighted by Gasteiger charge is -2.18. The summed E-state index contributed by atoms with van der Waals surface area (Å²) >= 11 is 0. The van der Waals surface area contributed by atoms with Gasteiger partial charge in [-0.2, -0.15) is 0 Å². The highest BCUT2D eigenvalue weighted by Crippen LogP contribution is 2.30. The smallest absolute Gasteiger partial charge is 0.229 e. The van der Waals surface area contributed by atoms with Gasteiger partial charge in [0.25, 0.3) is 0 Å². The molecule has 1 saturated heterocycles. The topological polar surface area (TPSA) is 84.7 Å². The molecule has 1 unspecified atom stereocenters. The summed E-state index contributed by atoms with van der Waals surface area (Å²) in [5.74, 6) is -2.64. The van der Waals surface area contributed by atoms with Gasteiger partial charge in [-0.3, -0.25) is 9.59 Å². The van der Waals surface area contributed by atoms with Crippen LogP contribution in [0.4, 0.5) is 20.2 Å². The second-order valence-electron chi connectivity index (χ2n) is 6.13. The van der Waals surface area contributed by atoms with E-state index < -0.39 is 35.1 Å². The van der Waals surface area contributed by atoms with Gasteiger partial charge in [-0.25, -0.2) is 8.78 Å². The Bertz CT molecular complexity index is 822. The number of anilines is 2. The highest BCUT2D eigenvalue weighted by molar-refractivity contribution is 6.03. The molecule has 142 valence electrons. The molecule has 0 aliphatic carbocycles. The molecule has 27 heavy (non-hydrogen) atoms. The van der Waals surface area contributed by atoms with Crippen molar-refractivity contribution in [3.63, 3.8) is 0 Å². The highest BCUT2D eigenvalue weighted by Gasteiger charge is 2.37. The maximum Gasteiger partial charge on any atom is 0.229 e. The molecule has 3 rings (SSSR count). The molecule has 8 heteroatoms. The predicted molar refractivity (Wildman–Crippen MR) is 96.4 cm³/mol. The summed E-state index contributed by atoms with van der Waals surface area (Å²) in [7, 11) is 0. The number of rotatable bonds is 6. The number of amides is 2. The van der Waals surface area contributed by atoms with E-state index in [1.165, 1.54) is 6.07 Å². The standard InChI is InChI=1S/C19H19F2N3O3/c20-15-2-1-3-16(21)18(15)24-11-12(10-17(24)25)19(26)23-13-4-6-14(7-5-13)27-9-8-22/h1-7,12H,8-11,22H2,(H,23,26). The number of nitrogens with zero attached hydrogens (tertiary/aromatic N) is 1. The molecule has 1 atom stereocenters. The summed E-state index contributed by atoms with van der Waals surface area (Å²) in [4.78, 5) is 25.6. The third-order valence-electron chi connectivity index (χ3n) is 4.21. The van der Waals surface area contributed by atoms with Crippen LogP contribution in [0.3, 0.4) is 0 Å². The van der Waals surface area contributed by atoms with Crippen LogP contribution in [0, 0.1) is 17.6 Å². The molecular formula is C19H19F2N3O3. The summed E-state index contributed by atoms with van der Waals surface area (Å²) < 4.78 is 33.2. The molecule has 1 aliphatic heterocycles. The van der Waals surface area contributed by atoms with Crippen LogP contribution >= 0.6 is 0 Å². The van der Waals surface area contributed by atoms with Gasteiger partial charge in [-0.1, -0.05) is 6.07 Å². The van der Waals surface area contributed by atoms with Crippen LogP contribution in [0.2, 0.25) is 0 Å². The molecule has 1 heterocycles. The Morgan fingerprint density at radius 1 is 1.19 bits per heavy atom. The van der Waals surface area contributed by atoms with Crippen LogP contribution < -0.4 is 20.7 Å². The fourth-order valence-corrected chi connectivity index (χ4v) is 2.90. The molecule has 1 aliphatic rings. The molecule has 2 amide bonds. The Balaban J connectivity index is 1.65. The first-order valence-electron chi connectivity index (χ1n) is 8.47. The number of benzene rings is 2. The molecule has 0 bridgehead atoms.